The van der Waals surface area contributed by atoms with Crippen LogP contribution in [0.4, 0.5) is 0 Å². The zero-order valence-corrected chi connectivity index (χ0v) is 12.6. The molecule has 0 aliphatic rings. The highest BCUT2D eigenvalue weighted by molar-refractivity contribution is 6.30. The predicted molar refractivity (Wildman–Crippen MR) is 84.3 cm³/mol. The maximum Gasteiger partial charge on any atom is 0.174 e. The summed E-state index contributed by atoms with van der Waals surface area (Å²) >= 11 is 5.97. The molecular formula is C17H17ClN2O. The van der Waals surface area contributed by atoms with Gasteiger partial charge in [-0.1, -0.05) is 35.9 Å². The maximum atomic E-state index is 8.47. The number of hydrogen-bond acceptors (Lipinski definition) is 3. The average molecular weight is 301 g/mol. The minimum absolute atomic E-state index is 0.0713. The topological polar surface area (TPSA) is 45.0 Å². The molecule has 0 aromatic heterocycles. The van der Waals surface area contributed by atoms with Crippen molar-refractivity contribution in [3.05, 3.63) is 64.7 Å². The summed E-state index contributed by atoms with van der Waals surface area (Å²) in [5.41, 5.74) is 2.32. The Hall–Kier alpha value is -2.02. The Bertz CT molecular complexity index is 619. The molecule has 2 aromatic carbocycles. The van der Waals surface area contributed by atoms with Gasteiger partial charge in [-0.3, -0.25) is 0 Å². The van der Waals surface area contributed by atoms with Gasteiger partial charge in [0.05, 0.1) is 0 Å². The summed E-state index contributed by atoms with van der Waals surface area (Å²) in [4.78, 5) is 0. The zero-order valence-electron chi connectivity index (χ0n) is 11.8. The largest absolute Gasteiger partial charge is 0.479 e. The summed E-state index contributed by atoms with van der Waals surface area (Å²) in [7, 11) is 0. The molecule has 0 saturated heterocycles. The van der Waals surface area contributed by atoms with E-state index in [2.05, 4.69) is 12.2 Å². The Morgan fingerprint density at radius 3 is 2.67 bits per heavy atom. The zero-order chi connectivity index (χ0) is 15.1. The second kappa shape index (κ2) is 7.68. The molecule has 1 N–H and O–H groups in total. The number of nitriles is 1. The van der Waals surface area contributed by atoms with Gasteiger partial charge in [-0.05, 0) is 42.3 Å². The lowest BCUT2D eigenvalue weighted by Crippen LogP contribution is -2.18. The SMILES string of the molecule is CC(NCc1cccc(Cl)c1)c1ccc(OCC#N)cc1. The van der Waals surface area contributed by atoms with E-state index in [0.717, 1.165) is 17.1 Å². The predicted octanol–water partition coefficient (Wildman–Crippen LogP) is 4.09. The van der Waals surface area contributed by atoms with E-state index in [1.807, 2.05) is 54.6 Å². The van der Waals surface area contributed by atoms with E-state index >= 15 is 0 Å². The van der Waals surface area contributed by atoms with E-state index in [9.17, 15) is 0 Å². The minimum Gasteiger partial charge on any atom is -0.479 e. The molecule has 108 valence electrons. The molecule has 0 aliphatic heterocycles. The van der Waals surface area contributed by atoms with Gasteiger partial charge >= 0.3 is 0 Å². The number of ether oxygens (including phenoxy) is 1. The first-order chi connectivity index (χ1) is 10.2. The van der Waals surface area contributed by atoms with Crippen LogP contribution in [0.15, 0.2) is 48.5 Å². The first kappa shape index (κ1) is 15.4. The van der Waals surface area contributed by atoms with Gasteiger partial charge in [0.2, 0.25) is 0 Å². The standard InChI is InChI=1S/C17H17ClN2O/c1-13(20-12-14-3-2-4-16(18)11-14)15-5-7-17(8-6-15)21-10-9-19/h2-8,11,13,20H,10,12H2,1H3. The fourth-order valence-electron chi connectivity index (χ4n) is 2.00. The molecule has 0 heterocycles. The van der Waals surface area contributed by atoms with Crippen LogP contribution in [-0.4, -0.2) is 6.61 Å². The Labute approximate surface area is 130 Å². The van der Waals surface area contributed by atoms with Crippen molar-refractivity contribution in [2.45, 2.75) is 19.5 Å². The summed E-state index contributed by atoms with van der Waals surface area (Å²) in [6, 6.07) is 17.8. The number of hydrogen-bond donors (Lipinski definition) is 1. The molecule has 3 nitrogen and oxygen atoms in total. The first-order valence-corrected chi connectivity index (χ1v) is 7.14. The van der Waals surface area contributed by atoms with Crippen LogP contribution in [0.1, 0.15) is 24.1 Å². The third-order valence-electron chi connectivity index (χ3n) is 3.18. The van der Waals surface area contributed by atoms with E-state index < -0.39 is 0 Å². The molecule has 1 atom stereocenters. The molecular weight excluding hydrogens is 284 g/mol. The molecule has 0 amide bonds. The molecule has 1 unspecified atom stereocenters. The van der Waals surface area contributed by atoms with Crippen LogP contribution in [0.3, 0.4) is 0 Å². The highest BCUT2D eigenvalue weighted by Crippen LogP contribution is 2.18. The van der Waals surface area contributed by atoms with Crippen LogP contribution in [0.25, 0.3) is 0 Å². The molecule has 2 aromatic rings. The molecule has 21 heavy (non-hydrogen) atoms. The number of rotatable bonds is 6. The van der Waals surface area contributed by atoms with Crippen LogP contribution in [0, 0.1) is 11.3 Å². The molecule has 4 heteroatoms. The van der Waals surface area contributed by atoms with Crippen LogP contribution < -0.4 is 10.1 Å². The second-order valence-corrected chi connectivity index (χ2v) is 5.18. The fraction of sp³-hybridized carbons (Fsp3) is 0.235. The van der Waals surface area contributed by atoms with Crippen LogP contribution in [0.5, 0.6) is 5.75 Å². The Morgan fingerprint density at radius 1 is 1.24 bits per heavy atom. The van der Waals surface area contributed by atoms with Crippen molar-refractivity contribution in [3.63, 3.8) is 0 Å². The van der Waals surface area contributed by atoms with Crippen molar-refractivity contribution >= 4 is 11.6 Å². The third kappa shape index (κ3) is 4.78. The van der Waals surface area contributed by atoms with Crippen LogP contribution in [0.2, 0.25) is 5.02 Å². The van der Waals surface area contributed by atoms with Crippen molar-refractivity contribution in [2.75, 3.05) is 6.61 Å². The molecule has 0 spiro atoms. The van der Waals surface area contributed by atoms with Crippen LogP contribution in [-0.2, 0) is 6.54 Å². The van der Waals surface area contributed by atoms with Crippen molar-refractivity contribution in [1.29, 1.82) is 5.26 Å². The maximum absolute atomic E-state index is 8.47. The van der Waals surface area contributed by atoms with Crippen molar-refractivity contribution in [3.8, 4) is 11.8 Å². The van der Waals surface area contributed by atoms with E-state index in [1.54, 1.807) is 0 Å². The summed E-state index contributed by atoms with van der Waals surface area (Å²) in [5, 5.41) is 12.7. The summed E-state index contributed by atoms with van der Waals surface area (Å²) in [6.07, 6.45) is 0. The van der Waals surface area contributed by atoms with Crippen molar-refractivity contribution < 1.29 is 4.74 Å². The van der Waals surface area contributed by atoms with Crippen molar-refractivity contribution in [1.82, 2.24) is 5.32 Å². The van der Waals surface area contributed by atoms with Gasteiger partial charge in [0.15, 0.2) is 6.61 Å². The van der Waals surface area contributed by atoms with Crippen molar-refractivity contribution in [2.24, 2.45) is 0 Å². The summed E-state index contributed by atoms with van der Waals surface area (Å²) < 4.78 is 5.24. The monoisotopic (exact) mass is 300 g/mol. The Balaban J connectivity index is 1.91. The lowest BCUT2D eigenvalue weighted by Gasteiger charge is -2.15. The highest BCUT2D eigenvalue weighted by atomic mass is 35.5. The van der Waals surface area contributed by atoms with Gasteiger partial charge in [0.25, 0.3) is 0 Å². The van der Waals surface area contributed by atoms with Gasteiger partial charge in [-0.2, -0.15) is 5.26 Å². The lowest BCUT2D eigenvalue weighted by molar-refractivity contribution is 0.368. The summed E-state index contributed by atoms with van der Waals surface area (Å²) in [6.45, 7) is 2.94. The van der Waals surface area contributed by atoms with E-state index in [0.29, 0.717) is 5.75 Å². The van der Waals surface area contributed by atoms with Gasteiger partial charge < -0.3 is 10.1 Å². The van der Waals surface area contributed by atoms with E-state index in [1.165, 1.54) is 5.56 Å². The molecule has 0 bridgehead atoms. The number of halogens is 1. The molecule has 0 aliphatic carbocycles. The second-order valence-electron chi connectivity index (χ2n) is 4.75. The number of nitrogens with one attached hydrogen (secondary N) is 1. The highest BCUT2D eigenvalue weighted by Gasteiger charge is 2.05. The molecule has 0 radical (unpaired) electrons. The smallest absolute Gasteiger partial charge is 0.174 e. The van der Waals surface area contributed by atoms with Crippen LogP contribution >= 0.6 is 11.6 Å². The van der Waals surface area contributed by atoms with Gasteiger partial charge in [0.1, 0.15) is 11.8 Å². The molecule has 0 fully saturated rings. The molecule has 2 rings (SSSR count). The third-order valence-corrected chi connectivity index (χ3v) is 3.42. The fourth-order valence-corrected chi connectivity index (χ4v) is 2.22. The lowest BCUT2D eigenvalue weighted by atomic mass is 10.1. The minimum atomic E-state index is 0.0713. The Kier molecular flexibility index (Phi) is 5.62. The van der Waals surface area contributed by atoms with Gasteiger partial charge in [-0.25, -0.2) is 0 Å². The van der Waals surface area contributed by atoms with E-state index in [-0.39, 0.29) is 12.6 Å². The molecule has 0 saturated carbocycles. The quantitative estimate of drug-likeness (QED) is 0.874. The van der Waals surface area contributed by atoms with E-state index in [4.69, 9.17) is 21.6 Å². The number of nitrogens with zero attached hydrogens (tertiary/aromatic N) is 1. The van der Waals surface area contributed by atoms with Gasteiger partial charge in [-0.15, -0.1) is 0 Å². The summed E-state index contributed by atoms with van der Waals surface area (Å²) in [5.74, 6) is 0.711. The number of benzene rings is 2. The average Bonchev–Trinajstić information content (AvgIpc) is 2.51. The normalized spacial score (nSPS) is 11.7. The first-order valence-electron chi connectivity index (χ1n) is 6.76. The Morgan fingerprint density at radius 2 is 2.00 bits per heavy atom. The van der Waals surface area contributed by atoms with Gasteiger partial charge in [0, 0.05) is 17.6 Å².